The lowest BCUT2D eigenvalue weighted by molar-refractivity contribution is 0.343. The zero-order valence-electron chi connectivity index (χ0n) is 7.67. The van der Waals surface area contributed by atoms with Crippen molar-refractivity contribution in [3.05, 3.63) is 0 Å². The van der Waals surface area contributed by atoms with Gasteiger partial charge in [0.15, 0.2) is 0 Å². The maximum atomic E-state index is 3.61. The van der Waals surface area contributed by atoms with E-state index in [0.717, 1.165) is 17.9 Å². The molecule has 0 radical (unpaired) electrons. The predicted octanol–water partition coefficient (Wildman–Crippen LogP) is 0.544. The lowest BCUT2D eigenvalue weighted by Gasteiger charge is -2.15. The minimum absolute atomic E-state index is 0.663. The van der Waals surface area contributed by atoms with Gasteiger partial charge in [0.1, 0.15) is 0 Å². The molecule has 11 heavy (non-hydrogen) atoms. The summed E-state index contributed by atoms with van der Waals surface area (Å²) in [5, 5.41) is 3.61. The highest BCUT2D eigenvalue weighted by Crippen LogP contribution is 2.44. The van der Waals surface area contributed by atoms with Gasteiger partial charge in [0.05, 0.1) is 0 Å². The SMILES string of the molecule is CC(C)NC1[C@H]2CN(C)C[C@@H]12. The van der Waals surface area contributed by atoms with Gasteiger partial charge in [-0.1, -0.05) is 13.8 Å². The molecule has 1 saturated heterocycles. The van der Waals surface area contributed by atoms with E-state index in [4.69, 9.17) is 0 Å². The van der Waals surface area contributed by atoms with Gasteiger partial charge >= 0.3 is 0 Å². The maximum absolute atomic E-state index is 3.61. The Morgan fingerprint density at radius 1 is 1.27 bits per heavy atom. The summed E-state index contributed by atoms with van der Waals surface area (Å²) in [6, 6.07) is 1.52. The van der Waals surface area contributed by atoms with Crippen LogP contribution in [-0.2, 0) is 0 Å². The molecule has 0 spiro atoms. The molecular weight excluding hydrogens is 136 g/mol. The van der Waals surface area contributed by atoms with Crippen molar-refractivity contribution in [2.75, 3.05) is 20.1 Å². The average molecular weight is 154 g/mol. The van der Waals surface area contributed by atoms with E-state index in [9.17, 15) is 0 Å². The van der Waals surface area contributed by atoms with E-state index in [1.54, 1.807) is 0 Å². The van der Waals surface area contributed by atoms with E-state index in [-0.39, 0.29) is 0 Å². The summed E-state index contributed by atoms with van der Waals surface area (Å²) >= 11 is 0. The van der Waals surface area contributed by atoms with Crippen LogP contribution in [0.15, 0.2) is 0 Å². The van der Waals surface area contributed by atoms with Crippen LogP contribution in [0.3, 0.4) is 0 Å². The third-order valence-electron chi connectivity index (χ3n) is 2.90. The first-order valence-corrected chi connectivity index (χ1v) is 4.63. The fourth-order valence-corrected chi connectivity index (χ4v) is 2.37. The zero-order valence-corrected chi connectivity index (χ0v) is 7.67. The monoisotopic (exact) mass is 154 g/mol. The molecule has 64 valence electrons. The molecule has 0 bridgehead atoms. The fourth-order valence-electron chi connectivity index (χ4n) is 2.37. The number of likely N-dealkylation sites (tertiary alicyclic amines) is 1. The Balaban J connectivity index is 1.79. The second-order valence-corrected chi connectivity index (χ2v) is 4.40. The average Bonchev–Trinajstić information content (AvgIpc) is 2.43. The summed E-state index contributed by atoms with van der Waals surface area (Å²) in [6.45, 7) is 7.10. The first kappa shape index (κ1) is 7.56. The summed E-state index contributed by atoms with van der Waals surface area (Å²) in [6.07, 6.45) is 0. The Labute approximate surface area is 69.0 Å². The molecule has 1 aliphatic heterocycles. The van der Waals surface area contributed by atoms with Crippen LogP contribution in [0.5, 0.6) is 0 Å². The molecule has 2 rings (SSSR count). The van der Waals surface area contributed by atoms with Crippen LogP contribution < -0.4 is 5.32 Å². The Bertz CT molecular complexity index is 144. The van der Waals surface area contributed by atoms with Gasteiger partial charge < -0.3 is 10.2 Å². The van der Waals surface area contributed by atoms with Gasteiger partial charge in [-0.3, -0.25) is 0 Å². The predicted molar refractivity (Wildman–Crippen MR) is 46.5 cm³/mol. The molecule has 0 aromatic heterocycles. The molecule has 0 aromatic rings. The molecule has 1 N–H and O–H groups in total. The second-order valence-electron chi connectivity index (χ2n) is 4.40. The number of rotatable bonds is 2. The lowest BCUT2D eigenvalue weighted by atomic mass is 10.3. The molecule has 2 fully saturated rings. The van der Waals surface area contributed by atoms with Crippen molar-refractivity contribution in [3.8, 4) is 0 Å². The summed E-state index contributed by atoms with van der Waals surface area (Å²) in [5.74, 6) is 1.95. The highest BCUT2D eigenvalue weighted by molar-refractivity contribution is 5.09. The first-order chi connectivity index (χ1) is 5.18. The highest BCUT2D eigenvalue weighted by atomic mass is 15.2. The van der Waals surface area contributed by atoms with E-state index in [1.807, 2.05) is 0 Å². The zero-order chi connectivity index (χ0) is 8.01. The molecule has 1 heterocycles. The first-order valence-electron chi connectivity index (χ1n) is 4.63. The molecule has 1 unspecified atom stereocenters. The number of piperidine rings is 1. The van der Waals surface area contributed by atoms with Gasteiger partial charge in [0.25, 0.3) is 0 Å². The lowest BCUT2D eigenvalue weighted by Crippen LogP contribution is -2.32. The summed E-state index contributed by atoms with van der Waals surface area (Å²) in [7, 11) is 2.22. The Morgan fingerprint density at radius 3 is 2.27 bits per heavy atom. The second kappa shape index (κ2) is 2.46. The summed E-state index contributed by atoms with van der Waals surface area (Å²) in [5.41, 5.74) is 0. The Kier molecular flexibility index (Phi) is 1.69. The van der Waals surface area contributed by atoms with Gasteiger partial charge in [-0.2, -0.15) is 0 Å². The van der Waals surface area contributed by atoms with E-state index in [0.29, 0.717) is 6.04 Å². The van der Waals surface area contributed by atoms with Crippen LogP contribution in [0.4, 0.5) is 0 Å². The number of nitrogens with zero attached hydrogens (tertiary/aromatic N) is 1. The minimum Gasteiger partial charge on any atom is -0.311 e. The van der Waals surface area contributed by atoms with Gasteiger partial charge in [-0.25, -0.2) is 0 Å². The third-order valence-corrected chi connectivity index (χ3v) is 2.90. The molecule has 0 amide bonds. The van der Waals surface area contributed by atoms with Crippen LogP contribution in [0.1, 0.15) is 13.8 Å². The molecule has 2 aliphatic rings. The van der Waals surface area contributed by atoms with E-state index >= 15 is 0 Å². The van der Waals surface area contributed by atoms with Gasteiger partial charge in [-0.15, -0.1) is 0 Å². The fraction of sp³-hybridized carbons (Fsp3) is 1.00. The number of hydrogen-bond donors (Lipinski definition) is 1. The van der Waals surface area contributed by atoms with Crippen molar-refractivity contribution in [3.63, 3.8) is 0 Å². The normalized spacial score (nSPS) is 43.1. The molecule has 1 aliphatic carbocycles. The third kappa shape index (κ3) is 1.30. The van der Waals surface area contributed by atoms with Crippen LogP contribution >= 0.6 is 0 Å². The van der Waals surface area contributed by atoms with Gasteiger partial charge in [-0.05, 0) is 18.9 Å². The van der Waals surface area contributed by atoms with Crippen LogP contribution in [0, 0.1) is 11.8 Å². The Hall–Kier alpha value is -0.0800. The van der Waals surface area contributed by atoms with E-state index < -0.39 is 0 Å². The smallest absolute Gasteiger partial charge is 0.0158 e. The van der Waals surface area contributed by atoms with Crippen molar-refractivity contribution in [2.45, 2.75) is 25.9 Å². The van der Waals surface area contributed by atoms with E-state index in [1.165, 1.54) is 13.1 Å². The number of fused-ring (bicyclic) bond motifs is 1. The van der Waals surface area contributed by atoms with Crippen molar-refractivity contribution in [1.29, 1.82) is 0 Å². The number of hydrogen-bond acceptors (Lipinski definition) is 2. The molecule has 0 aromatic carbocycles. The summed E-state index contributed by atoms with van der Waals surface area (Å²) < 4.78 is 0. The molecule has 2 nitrogen and oxygen atoms in total. The highest BCUT2D eigenvalue weighted by Gasteiger charge is 2.54. The van der Waals surface area contributed by atoms with Crippen molar-refractivity contribution < 1.29 is 0 Å². The van der Waals surface area contributed by atoms with Crippen LogP contribution in [0.2, 0.25) is 0 Å². The molecular formula is C9H18N2. The van der Waals surface area contributed by atoms with E-state index in [2.05, 4.69) is 31.1 Å². The standard InChI is InChI=1S/C9H18N2/c1-6(2)10-9-7-4-11(3)5-8(7)9/h6-10H,4-5H2,1-3H3/t7-,8+,9?. The quantitative estimate of drug-likeness (QED) is 0.624. The van der Waals surface area contributed by atoms with Crippen molar-refractivity contribution in [1.82, 2.24) is 10.2 Å². The van der Waals surface area contributed by atoms with Crippen molar-refractivity contribution >= 4 is 0 Å². The largest absolute Gasteiger partial charge is 0.311 e. The van der Waals surface area contributed by atoms with Gasteiger partial charge in [0.2, 0.25) is 0 Å². The molecule has 2 heteroatoms. The Morgan fingerprint density at radius 2 is 1.82 bits per heavy atom. The minimum atomic E-state index is 0.663. The van der Waals surface area contributed by atoms with Crippen LogP contribution in [0.25, 0.3) is 0 Å². The van der Waals surface area contributed by atoms with Gasteiger partial charge in [0, 0.05) is 25.2 Å². The topological polar surface area (TPSA) is 15.3 Å². The summed E-state index contributed by atoms with van der Waals surface area (Å²) in [4.78, 5) is 2.44. The molecule has 3 atom stereocenters. The van der Waals surface area contributed by atoms with Crippen molar-refractivity contribution in [2.24, 2.45) is 11.8 Å². The maximum Gasteiger partial charge on any atom is 0.0158 e. The molecule has 1 saturated carbocycles. The van der Waals surface area contributed by atoms with Crippen LogP contribution in [-0.4, -0.2) is 37.1 Å². The number of nitrogens with one attached hydrogen (secondary N) is 1.